The normalized spacial score (nSPS) is 30.1. The predicted octanol–water partition coefficient (Wildman–Crippen LogP) is -0.242. The van der Waals surface area contributed by atoms with Crippen molar-refractivity contribution in [3.8, 4) is 28.7 Å². The number of ether oxygens (including phenoxy) is 3. The largest absolute Gasteiger partial charge is 0.508 e. The van der Waals surface area contributed by atoms with E-state index in [4.69, 9.17) is 14.2 Å². The molecule has 6 atom stereocenters. The Kier molecular flexibility index (Phi) is 5.29. The number of benzene rings is 2. The summed E-state index contributed by atoms with van der Waals surface area (Å²) >= 11 is 0. The molecule has 31 heavy (non-hydrogen) atoms. The molecule has 2 aliphatic rings. The van der Waals surface area contributed by atoms with E-state index in [2.05, 4.69) is 0 Å². The number of rotatable bonds is 3. The van der Waals surface area contributed by atoms with Crippen molar-refractivity contribution < 1.29 is 55.1 Å². The predicted molar refractivity (Wildman–Crippen MR) is 101 cm³/mol. The molecular formula is C20H20O11. The Hall–Kier alpha value is -3.22. The Morgan fingerprint density at radius 2 is 1.52 bits per heavy atom. The van der Waals surface area contributed by atoms with Crippen LogP contribution in [-0.4, -0.2) is 71.7 Å². The number of phenols is 4. The quantitative estimate of drug-likeness (QED) is 0.296. The summed E-state index contributed by atoms with van der Waals surface area (Å²) in [7, 11) is 0. The minimum Gasteiger partial charge on any atom is -0.508 e. The molecule has 11 nitrogen and oxygen atoms in total. The van der Waals surface area contributed by atoms with Crippen molar-refractivity contribution in [2.24, 2.45) is 0 Å². The number of hydrogen-bond donors (Lipinski definition) is 8. The molecule has 166 valence electrons. The Morgan fingerprint density at radius 1 is 0.774 bits per heavy atom. The van der Waals surface area contributed by atoms with Crippen molar-refractivity contribution in [3.63, 3.8) is 0 Å². The number of aromatic hydroxyl groups is 4. The summed E-state index contributed by atoms with van der Waals surface area (Å²) in [6.45, 7) is 0. The van der Waals surface area contributed by atoms with Gasteiger partial charge in [-0.25, -0.2) is 0 Å². The van der Waals surface area contributed by atoms with Gasteiger partial charge in [0.2, 0.25) is 6.29 Å². The second-order valence-corrected chi connectivity index (χ2v) is 7.15. The van der Waals surface area contributed by atoms with Gasteiger partial charge in [0.05, 0.1) is 5.56 Å². The van der Waals surface area contributed by atoms with E-state index in [0.717, 1.165) is 6.07 Å². The summed E-state index contributed by atoms with van der Waals surface area (Å²) in [6, 6.07) is 6.12. The third-order valence-electron chi connectivity index (χ3n) is 4.99. The lowest BCUT2D eigenvalue weighted by Crippen LogP contribution is -2.58. The van der Waals surface area contributed by atoms with Crippen molar-refractivity contribution in [2.45, 2.75) is 37.0 Å². The van der Waals surface area contributed by atoms with Gasteiger partial charge in [-0.05, 0) is 18.2 Å². The van der Waals surface area contributed by atoms with Crippen LogP contribution in [-0.2, 0) is 9.47 Å². The molecule has 1 fully saturated rings. The highest BCUT2D eigenvalue weighted by atomic mass is 16.7. The molecule has 0 aliphatic carbocycles. The first-order valence-electron chi connectivity index (χ1n) is 9.16. The van der Waals surface area contributed by atoms with Gasteiger partial charge in [0.1, 0.15) is 41.3 Å². The summed E-state index contributed by atoms with van der Waals surface area (Å²) in [5.41, 5.74) is 0.403. The molecule has 8 N–H and O–H groups in total. The number of phenolic OH excluding ortho intramolecular Hbond substituents is 4. The molecule has 0 amide bonds. The van der Waals surface area contributed by atoms with E-state index in [1.165, 1.54) is 30.3 Å². The minimum absolute atomic E-state index is 0.0709. The van der Waals surface area contributed by atoms with Gasteiger partial charge in [0.25, 0.3) is 0 Å². The van der Waals surface area contributed by atoms with E-state index in [-0.39, 0.29) is 39.9 Å². The highest BCUT2D eigenvalue weighted by Gasteiger charge is 2.45. The van der Waals surface area contributed by atoms with Crippen molar-refractivity contribution in [2.75, 3.05) is 0 Å². The summed E-state index contributed by atoms with van der Waals surface area (Å²) in [5, 5.41) is 78.8. The lowest BCUT2D eigenvalue weighted by atomic mass is 10.00. The molecule has 0 aromatic heterocycles. The van der Waals surface area contributed by atoms with Crippen molar-refractivity contribution >= 4 is 6.08 Å². The molecule has 2 aliphatic heterocycles. The molecule has 1 saturated heterocycles. The standard InChI is InChI=1S/C20H20O11/c21-8-4-11(23)9-6-14(30-20-17(27)15(25)16(26)19(28)31-20)18(29-13(9)5-8)7-1-2-10(22)12(24)3-7/h1-6,15-28H/t15-,16+,17+,18?,19-,20-/m1/s1. The zero-order valence-corrected chi connectivity index (χ0v) is 15.7. The fourth-order valence-electron chi connectivity index (χ4n) is 3.34. The van der Waals surface area contributed by atoms with E-state index >= 15 is 0 Å². The average Bonchev–Trinajstić information content (AvgIpc) is 2.72. The number of fused-ring (bicyclic) bond motifs is 1. The Bertz CT molecular complexity index is 1020. The molecule has 0 saturated carbocycles. The van der Waals surface area contributed by atoms with Gasteiger partial charge < -0.3 is 55.1 Å². The summed E-state index contributed by atoms with van der Waals surface area (Å²) in [6.07, 6.45) is -8.54. The SMILES string of the molecule is Oc1cc(O)c2c(c1)OC(c1ccc(O)c(O)c1)C(O[C@@H]1O[C@@H](O)[C@@H](O)[C@@H](O)[C@@H]1O)=C2. The van der Waals surface area contributed by atoms with Gasteiger partial charge in [-0.1, -0.05) is 6.07 Å². The Balaban J connectivity index is 1.74. The highest BCUT2D eigenvalue weighted by molar-refractivity contribution is 5.69. The van der Waals surface area contributed by atoms with Crippen molar-refractivity contribution in [1.29, 1.82) is 0 Å². The molecule has 2 heterocycles. The van der Waals surface area contributed by atoms with Crippen LogP contribution in [0.15, 0.2) is 36.1 Å². The van der Waals surface area contributed by atoms with Crippen LogP contribution in [0.3, 0.4) is 0 Å². The molecular weight excluding hydrogens is 416 g/mol. The van der Waals surface area contributed by atoms with Gasteiger partial charge in [0, 0.05) is 17.7 Å². The van der Waals surface area contributed by atoms with Crippen LogP contribution in [0.2, 0.25) is 0 Å². The minimum atomic E-state index is -1.85. The zero-order chi connectivity index (χ0) is 22.4. The number of aliphatic hydroxyl groups excluding tert-OH is 4. The van der Waals surface area contributed by atoms with Crippen LogP contribution in [0.25, 0.3) is 6.08 Å². The van der Waals surface area contributed by atoms with E-state index in [1.807, 2.05) is 0 Å². The maximum absolute atomic E-state index is 10.2. The third kappa shape index (κ3) is 3.80. The molecule has 11 heteroatoms. The molecule has 0 bridgehead atoms. The monoisotopic (exact) mass is 436 g/mol. The number of hydrogen-bond acceptors (Lipinski definition) is 11. The molecule has 2 aromatic carbocycles. The summed E-state index contributed by atoms with van der Waals surface area (Å²) < 4.78 is 16.5. The topological polar surface area (TPSA) is 190 Å². The Morgan fingerprint density at radius 3 is 2.23 bits per heavy atom. The van der Waals surface area contributed by atoms with Crippen LogP contribution < -0.4 is 4.74 Å². The lowest BCUT2D eigenvalue weighted by molar-refractivity contribution is -0.333. The van der Waals surface area contributed by atoms with Gasteiger partial charge in [-0.2, -0.15) is 0 Å². The van der Waals surface area contributed by atoms with Gasteiger partial charge in [0.15, 0.2) is 23.9 Å². The van der Waals surface area contributed by atoms with E-state index in [1.54, 1.807) is 0 Å². The second-order valence-electron chi connectivity index (χ2n) is 7.15. The summed E-state index contributed by atoms with van der Waals surface area (Å²) in [4.78, 5) is 0. The van der Waals surface area contributed by atoms with E-state index in [9.17, 15) is 40.9 Å². The van der Waals surface area contributed by atoms with Gasteiger partial charge in [-0.15, -0.1) is 0 Å². The maximum atomic E-state index is 10.2. The first-order chi connectivity index (χ1) is 14.7. The van der Waals surface area contributed by atoms with Crippen LogP contribution in [0.1, 0.15) is 17.2 Å². The van der Waals surface area contributed by atoms with Crippen molar-refractivity contribution in [3.05, 3.63) is 47.2 Å². The first kappa shape index (κ1) is 21.0. The average molecular weight is 436 g/mol. The van der Waals surface area contributed by atoms with Crippen LogP contribution >= 0.6 is 0 Å². The smallest absolute Gasteiger partial charge is 0.230 e. The fraction of sp³-hybridized carbons (Fsp3) is 0.300. The molecule has 4 rings (SSSR count). The van der Waals surface area contributed by atoms with Crippen LogP contribution in [0.4, 0.5) is 0 Å². The van der Waals surface area contributed by atoms with E-state index in [0.29, 0.717) is 0 Å². The van der Waals surface area contributed by atoms with Crippen LogP contribution in [0, 0.1) is 0 Å². The lowest BCUT2D eigenvalue weighted by Gasteiger charge is -2.39. The zero-order valence-electron chi connectivity index (χ0n) is 15.7. The fourth-order valence-corrected chi connectivity index (χ4v) is 3.34. The third-order valence-corrected chi connectivity index (χ3v) is 4.99. The van der Waals surface area contributed by atoms with Crippen LogP contribution in [0.5, 0.6) is 28.7 Å². The molecule has 0 radical (unpaired) electrons. The highest BCUT2D eigenvalue weighted by Crippen LogP contribution is 2.45. The second kappa shape index (κ2) is 7.80. The Labute approximate surface area is 174 Å². The molecule has 2 aromatic rings. The maximum Gasteiger partial charge on any atom is 0.230 e. The van der Waals surface area contributed by atoms with E-state index < -0.39 is 42.7 Å². The summed E-state index contributed by atoms with van der Waals surface area (Å²) in [5.74, 6) is -1.45. The molecule has 1 unspecified atom stereocenters. The van der Waals surface area contributed by atoms with Gasteiger partial charge >= 0.3 is 0 Å². The van der Waals surface area contributed by atoms with Gasteiger partial charge in [-0.3, -0.25) is 0 Å². The number of aliphatic hydroxyl groups is 4. The first-order valence-corrected chi connectivity index (χ1v) is 9.16. The molecule has 0 spiro atoms. The van der Waals surface area contributed by atoms with Crippen molar-refractivity contribution in [1.82, 2.24) is 0 Å².